The number of rotatable bonds is 3. The van der Waals surface area contributed by atoms with Gasteiger partial charge in [-0.05, 0) is 34.9 Å². The van der Waals surface area contributed by atoms with Gasteiger partial charge in [0.2, 0.25) is 0 Å². The van der Waals surface area contributed by atoms with Gasteiger partial charge in [0.15, 0.2) is 0 Å². The Hall–Kier alpha value is -0.300. The normalized spacial score (nSPS) is 13.9. The van der Waals surface area contributed by atoms with E-state index >= 15 is 0 Å². The maximum atomic E-state index is 3.86. The first kappa shape index (κ1) is 13.8. The number of hydrogen-bond acceptors (Lipinski definition) is 0. The average Bonchev–Trinajstić information content (AvgIpc) is 2.25. The van der Waals surface area contributed by atoms with Crippen molar-refractivity contribution in [1.29, 1.82) is 0 Å². The summed E-state index contributed by atoms with van der Waals surface area (Å²) in [6, 6.07) is 6.91. The van der Waals surface area contributed by atoms with Crippen LogP contribution in [0, 0.1) is 5.41 Å². The molecule has 0 radical (unpaired) electrons. The number of aryl methyl sites for hydroxylation is 2. The van der Waals surface area contributed by atoms with Gasteiger partial charge in [-0.3, -0.25) is 0 Å². The minimum Gasteiger partial charge on any atom is -0.0833 e. The van der Waals surface area contributed by atoms with E-state index in [1.807, 2.05) is 0 Å². The quantitative estimate of drug-likeness (QED) is 0.661. The van der Waals surface area contributed by atoms with Crippen LogP contribution in [-0.2, 0) is 12.8 Å². The molecular formula is C15H23Br. The van der Waals surface area contributed by atoms with Crippen LogP contribution in [0.2, 0.25) is 0 Å². The number of halogens is 1. The minimum absolute atomic E-state index is 0.260. The zero-order chi connectivity index (χ0) is 12.3. The Balaban J connectivity index is 3.18. The van der Waals surface area contributed by atoms with Crippen molar-refractivity contribution in [2.24, 2.45) is 5.41 Å². The van der Waals surface area contributed by atoms with Gasteiger partial charge in [-0.1, -0.05) is 68.7 Å². The highest BCUT2D eigenvalue weighted by Gasteiger charge is 2.25. The van der Waals surface area contributed by atoms with Crippen LogP contribution in [0.5, 0.6) is 0 Å². The summed E-state index contributed by atoms with van der Waals surface area (Å²) in [5.74, 6) is 0. The van der Waals surface area contributed by atoms with E-state index < -0.39 is 0 Å². The third-order valence-electron chi connectivity index (χ3n) is 3.03. The van der Waals surface area contributed by atoms with E-state index in [-0.39, 0.29) is 5.41 Å². The summed E-state index contributed by atoms with van der Waals surface area (Å²) in [5, 5.41) is 0. The van der Waals surface area contributed by atoms with Crippen LogP contribution in [-0.4, -0.2) is 0 Å². The van der Waals surface area contributed by atoms with E-state index in [9.17, 15) is 0 Å². The van der Waals surface area contributed by atoms with Gasteiger partial charge in [0.25, 0.3) is 0 Å². The number of benzene rings is 1. The molecule has 0 amide bonds. The third kappa shape index (κ3) is 3.10. The molecule has 90 valence electrons. The summed E-state index contributed by atoms with van der Waals surface area (Å²) in [6.45, 7) is 11.3. The molecule has 0 heterocycles. The van der Waals surface area contributed by atoms with Crippen molar-refractivity contribution in [1.82, 2.24) is 0 Å². The lowest BCUT2D eigenvalue weighted by atomic mass is 9.84. The summed E-state index contributed by atoms with van der Waals surface area (Å²) >= 11 is 3.86. The molecule has 16 heavy (non-hydrogen) atoms. The third-order valence-corrected chi connectivity index (χ3v) is 4.90. The molecule has 0 aliphatic rings. The molecule has 0 aliphatic heterocycles. The smallest absolute Gasteiger partial charge is 0.0446 e. The predicted octanol–water partition coefficient (Wildman–Crippen LogP) is 5.29. The highest BCUT2D eigenvalue weighted by molar-refractivity contribution is 9.09. The van der Waals surface area contributed by atoms with Crippen LogP contribution in [0.25, 0.3) is 0 Å². The topological polar surface area (TPSA) is 0 Å². The monoisotopic (exact) mass is 282 g/mol. The summed E-state index contributed by atoms with van der Waals surface area (Å²) in [4.78, 5) is 0.432. The molecule has 0 aromatic heterocycles. The van der Waals surface area contributed by atoms with E-state index in [1.54, 1.807) is 0 Å². The van der Waals surface area contributed by atoms with E-state index in [1.165, 1.54) is 16.7 Å². The SMILES string of the molecule is CCc1ccc(CC)c(C(Br)C(C)(C)C)c1. The lowest BCUT2D eigenvalue weighted by molar-refractivity contribution is 0.406. The van der Waals surface area contributed by atoms with Crippen LogP contribution < -0.4 is 0 Å². The molecule has 1 unspecified atom stereocenters. The van der Waals surface area contributed by atoms with E-state index in [4.69, 9.17) is 0 Å². The summed E-state index contributed by atoms with van der Waals surface area (Å²) in [6.07, 6.45) is 2.22. The van der Waals surface area contributed by atoms with Crippen molar-refractivity contribution in [3.63, 3.8) is 0 Å². The Kier molecular flexibility index (Phi) is 4.61. The Morgan fingerprint density at radius 3 is 2.19 bits per heavy atom. The van der Waals surface area contributed by atoms with Crippen LogP contribution >= 0.6 is 15.9 Å². The van der Waals surface area contributed by atoms with Crippen LogP contribution in [0.15, 0.2) is 18.2 Å². The maximum Gasteiger partial charge on any atom is 0.0446 e. The largest absolute Gasteiger partial charge is 0.0833 e. The Labute approximate surface area is 109 Å². The molecule has 1 aromatic rings. The molecule has 1 atom stereocenters. The molecule has 0 fully saturated rings. The molecule has 1 aromatic carbocycles. The van der Waals surface area contributed by atoms with Gasteiger partial charge in [-0.25, -0.2) is 0 Å². The van der Waals surface area contributed by atoms with Crippen molar-refractivity contribution >= 4 is 15.9 Å². The van der Waals surface area contributed by atoms with Gasteiger partial charge in [0.1, 0.15) is 0 Å². The first-order valence-corrected chi connectivity index (χ1v) is 7.07. The zero-order valence-electron chi connectivity index (χ0n) is 11.1. The fraction of sp³-hybridized carbons (Fsp3) is 0.600. The van der Waals surface area contributed by atoms with Crippen molar-refractivity contribution in [3.8, 4) is 0 Å². The lowest BCUT2D eigenvalue weighted by Gasteiger charge is -2.28. The summed E-state index contributed by atoms with van der Waals surface area (Å²) in [7, 11) is 0. The molecule has 0 spiro atoms. The van der Waals surface area contributed by atoms with Gasteiger partial charge < -0.3 is 0 Å². The lowest BCUT2D eigenvalue weighted by Crippen LogP contribution is -2.14. The van der Waals surface area contributed by atoms with Gasteiger partial charge in [-0.2, -0.15) is 0 Å². The summed E-state index contributed by atoms with van der Waals surface area (Å²) in [5.41, 5.74) is 4.63. The van der Waals surface area contributed by atoms with Crippen molar-refractivity contribution in [2.75, 3.05) is 0 Å². The molecule has 0 saturated heterocycles. The van der Waals surface area contributed by atoms with Gasteiger partial charge in [-0.15, -0.1) is 0 Å². The van der Waals surface area contributed by atoms with Crippen LogP contribution in [0.3, 0.4) is 0 Å². The molecule has 0 nitrogen and oxygen atoms in total. The summed E-state index contributed by atoms with van der Waals surface area (Å²) < 4.78 is 0. The van der Waals surface area contributed by atoms with Gasteiger partial charge in [0, 0.05) is 4.83 Å². The zero-order valence-corrected chi connectivity index (χ0v) is 12.7. The van der Waals surface area contributed by atoms with Gasteiger partial charge in [0.05, 0.1) is 0 Å². The molecule has 1 heteroatoms. The van der Waals surface area contributed by atoms with Gasteiger partial charge >= 0.3 is 0 Å². The van der Waals surface area contributed by atoms with Crippen LogP contribution in [0.4, 0.5) is 0 Å². The maximum absolute atomic E-state index is 3.86. The minimum atomic E-state index is 0.260. The molecule has 0 bridgehead atoms. The highest BCUT2D eigenvalue weighted by atomic mass is 79.9. The van der Waals surface area contributed by atoms with Crippen molar-refractivity contribution in [2.45, 2.75) is 52.3 Å². The first-order valence-electron chi connectivity index (χ1n) is 6.15. The fourth-order valence-corrected chi connectivity index (χ4v) is 2.31. The predicted molar refractivity (Wildman–Crippen MR) is 76.3 cm³/mol. The molecule has 0 saturated carbocycles. The average molecular weight is 283 g/mol. The fourth-order valence-electron chi connectivity index (χ4n) is 1.89. The highest BCUT2D eigenvalue weighted by Crippen LogP contribution is 2.41. The molecular weight excluding hydrogens is 260 g/mol. The standard InChI is InChI=1S/C15H23Br/c1-6-11-8-9-12(7-2)13(10-11)14(16)15(3,4)5/h8-10,14H,6-7H2,1-5H3. The van der Waals surface area contributed by atoms with Crippen LogP contribution in [0.1, 0.15) is 56.1 Å². The second-order valence-electron chi connectivity index (χ2n) is 5.47. The van der Waals surface area contributed by atoms with E-state index in [0.717, 1.165) is 12.8 Å². The molecule has 0 aliphatic carbocycles. The van der Waals surface area contributed by atoms with E-state index in [0.29, 0.717) is 4.83 Å². The van der Waals surface area contributed by atoms with Crippen molar-refractivity contribution in [3.05, 3.63) is 34.9 Å². The Bertz CT molecular complexity index is 347. The van der Waals surface area contributed by atoms with E-state index in [2.05, 4.69) is 68.7 Å². The molecule has 0 N–H and O–H groups in total. The van der Waals surface area contributed by atoms with Crippen molar-refractivity contribution < 1.29 is 0 Å². The second kappa shape index (κ2) is 5.35. The Morgan fingerprint density at radius 1 is 1.12 bits per heavy atom. The molecule has 1 rings (SSSR count). The second-order valence-corrected chi connectivity index (χ2v) is 6.38. The first-order chi connectivity index (χ1) is 7.40. The Morgan fingerprint density at radius 2 is 1.75 bits per heavy atom. The number of alkyl halides is 1. The number of hydrogen-bond donors (Lipinski definition) is 0.